The van der Waals surface area contributed by atoms with Gasteiger partial charge in [0.15, 0.2) is 0 Å². The van der Waals surface area contributed by atoms with E-state index >= 15 is 0 Å². The first-order valence-corrected chi connectivity index (χ1v) is 13.0. The molecule has 0 radical (unpaired) electrons. The first-order chi connectivity index (χ1) is 20.0. The SMILES string of the molecule is COc1ccc2oc3ccc4ccccc4c3c(=O)c2c1.O=c1c2cc(O)ccc2oc2ccc3ccccc3c12. The first-order valence-electron chi connectivity index (χ1n) is 13.0. The van der Waals surface area contributed by atoms with Gasteiger partial charge >= 0.3 is 0 Å². The van der Waals surface area contributed by atoms with Crippen LogP contribution >= 0.6 is 0 Å². The third-order valence-electron chi connectivity index (χ3n) is 7.31. The van der Waals surface area contributed by atoms with Crippen molar-refractivity contribution in [1.82, 2.24) is 0 Å². The van der Waals surface area contributed by atoms with Crippen molar-refractivity contribution in [3.63, 3.8) is 0 Å². The Bertz CT molecular complexity index is 2420. The van der Waals surface area contributed by atoms with E-state index in [2.05, 4.69) is 0 Å². The molecule has 1 N–H and O–H groups in total. The number of ether oxygens (including phenoxy) is 1. The molecule has 0 aliphatic rings. The molecule has 2 aromatic heterocycles. The van der Waals surface area contributed by atoms with Gasteiger partial charge in [-0.15, -0.1) is 0 Å². The number of phenolic OH excluding ortho intramolecular Hbond substituents is 1. The molecule has 0 bridgehead atoms. The summed E-state index contributed by atoms with van der Waals surface area (Å²) in [5.74, 6) is 0.707. The number of hydrogen-bond acceptors (Lipinski definition) is 6. The van der Waals surface area contributed by atoms with E-state index in [0.29, 0.717) is 49.6 Å². The van der Waals surface area contributed by atoms with Crippen molar-refractivity contribution in [2.75, 3.05) is 7.11 Å². The van der Waals surface area contributed by atoms with Crippen LogP contribution in [0.3, 0.4) is 0 Å². The number of rotatable bonds is 1. The van der Waals surface area contributed by atoms with Crippen molar-refractivity contribution in [2.24, 2.45) is 0 Å². The molecular formula is C35H22O6. The molecule has 0 spiro atoms. The highest BCUT2D eigenvalue weighted by Crippen LogP contribution is 2.29. The average molecular weight is 539 g/mol. The van der Waals surface area contributed by atoms with E-state index in [1.165, 1.54) is 12.1 Å². The third-order valence-corrected chi connectivity index (χ3v) is 7.31. The van der Waals surface area contributed by atoms with Crippen molar-refractivity contribution in [2.45, 2.75) is 0 Å². The molecule has 2 heterocycles. The average Bonchev–Trinajstić information content (AvgIpc) is 3.01. The van der Waals surface area contributed by atoms with Crippen molar-refractivity contribution in [3.05, 3.63) is 130 Å². The van der Waals surface area contributed by atoms with Crippen LogP contribution in [-0.4, -0.2) is 12.2 Å². The number of benzene rings is 6. The Morgan fingerprint density at radius 1 is 0.537 bits per heavy atom. The van der Waals surface area contributed by atoms with Crippen LogP contribution in [0.5, 0.6) is 11.5 Å². The Balaban J connectivity index is 0.000000135. The number of phenols is 1. The lowest BCUT2D eigenvalue weighted by molar-refractivity contribution is 0.415. The van der Waals surface area contributed by atoms with Crippen LogP contribution in [0.1, 0.15) is 0 Å². The van der Waals surface area contributed by atoms with Crippen LogP contribution in [0, 0.1) is 0 Å². The Kier molecular flexibility index (Phi) is 5.68. The number of methoxy groups -OCH3 is 1. The number of hydrogen-bond donors (Lipinski definition) is 1. The van der Waals surface area contributed by atoms with Crippen molar-refractivity contribution in [1.29, 1.82) is 0 Å². The van der Waals surface area contributed by atoms with Gasteiger partial charge < -0.3 is 18.7 Å². The van der Waals surface area contributed by atoms with Gasteiger partial charge in [-0.3, -0.25) is 9.59 Å². The van der Waals surface area contributed by atoms with Crippen LogP contribution in [0.25, 0.3) is 65.4 Å². The summed E-state index contributed by atoms with van der Waals surface area (Å²) in [6.07, 6.45) is 0. The molecule has 0 unspecified atom stereocenters. The van der Waals surface area contributed by atoms with E-state index in [1.807, 2.05) is 72.8 Å². The van der Waals surface area contributed by atoms with E-state index in [0.717, 1.165) is 21.5 Å². The van der Waals surface area contributed by atoms with E-state index in [-0.39, 0.29) is 16.6 Å². The van der Waals surface area contributed by atoms with Gasteiger partial charge in [0.2, 0.25) is 10.9 Å². The predicted molar refractivity (Wildman–Crippen MR) is 163 cm³/mol. The molecule has 6 nitrogen and oxygen atoms in total. The van der Waals surface area contributed by atoms with Crippen LogP contribution in [0.4, 0.5) is 0 Å². The summed E-state index contributed by atoms with van der Waals surface area (Å²) in [7, 11) is 1.58. The fourth-order valence-electron chi connectivity index (χ4n) is 5.33. The summed E-state index contributed by atoms with van der Waals surface area (Å²) in [5, 5.41) is 15.5. The molecule has 0 saturated heterocycles. The highest BCUT2D eigenvalue weighted by Gasteiger charge is 2.12. The van der Waals surface area contributed by atoms with E-state index < -0.39 is 0 Å². The lowest BCUT2D eigenvalue weighted by Gasteiger charge is -2.06. The number of aromatic hydroxyl groups is 1. The van der Waals surface area contributed by atoms with Gasteiger partial charge in [-0.2, -0.15) is 0 Å². The lowest BCUT2D eigenvalue weighted by Crippen LogP contribution is -2.03. The van der Waals surface area contributed by atoms with Gasteiger partial charge in [0.25, 0.3) is 0 Å². The maximum atomic E-state index is 12.9. The molecule has 0 amide bonds. The highest BCUT2D eigenvalue weighted by atomic mass is 16.5. The zero-order chi connectivity index (χ0) is 28.1. The van der Waals surface area contributed by atoms with Gasteiger partial charge in [-0.25, -0.2) is 0 Å². The van der Waals surface area contributed by atoms with E-state index in [9.17, 15) is 14.7 Å². The molecule has 41 heavy (non-hydrogen) atoms. The molecule has 8 aromatic rings. The Labute approximate surface area is 232 Å². The van der Waals surface area contributed by atoms with Crippen molar-refractivity contribution < 1.29 is 18.7 Å². The van der Waals surface area contributed by atoms with Gasteiger partial charge in [0, 0.05) is 0 Å². The zero-order valence-corrected chi connectivity index (χ0v) is 21.9. The minimum absolute atomic E-state index is 0.0260. The Morgan fingerprint density at radius 3 is 1.59 bits per heavy atom. The quantitative estimate of drug-likeness (QED) is 0.169. The van der Waals surface area contributed by atoms with Crippen LogP contribution in [0.2, 0.25) is 0 Å². The molecule has 0 aliphatic heterocycles. The smallest absolute Gasteiger partial charge is 0.201 e. The summed E-state index contributed by atoms with van der Waals surface area (Å²) >= 11 is 0. The second-order valence-corrected chi connectivity index (χ2v) is 9.72. The molecule has 0 saturated carbocycles. The molecule has 6 heteroatoms. The van der Waals surface area contributed by atoms with Crippen LogP contribution in [-0.2, 0) is 0 Å². The first kappa shape index (κ1) is 24.4. The van der Waals surface area contributed by atoms with E-state index in [4.69, 9.17) is 13.6 Å². The van der Waals surface area contributed by atoms with Gasteiger partial charge in [0.05, 0.1) is 28.7 Å². The van der Waals surface area contributed by atoms with Gasteiger partial charge in [0.1, 0.15) is 33.8 Å². The molecule has 8 rings (SSSR count). The Morgan fingerprint density at radius 2 is 1.02 bits per heavy atom. The standard InChI is InChI=1S/C18H12O3.C17H10O3/c1-20-12-7-9-15-14(10-12)18(19)17-13-5-3-2-4-11(13)6-8-16(17)21-15;18-11-6-8-14-13(9-11)17(19)16-12-4-2-1-3-10(12)5-7-15(16)20-14/h2-10H,1H3;1-9,18H. The maximum absolute atomic E-state index is 12.9. The van der Waals surface area contributed by atoms with Crippen molar-refractivity contribution in [3.8, 4) is 11.5 Å². The zero-order valence-electron chi connectivity index (χ0n) is 21.9. The second-order valence-electron chi connectivity index (χ2n) is 9.72. The summed E-state index contributed by atoms with van der Waals surface area (Å²) in [4.78, 5) is 25.5. The third kappa shape index (κ3) is 4.05. The topological polar surface area (TPSA) is 89.9 Å². The monoisotopic (exact) mass is 538 g/mol. The minimum atomic E-state index is -0.117. The Hall–Kier alpha value is -5.62. The largest absolute Gasteiger partial charge is 0.508 e. The summed E-state index contributed by atoms with van der Waals surface area (Å²) < 4.78 is 16.9. The molecule has 0 fully saturated rings. The van der Waals surface area contributed by atoms with Gasteiger partial charge in [-0.1, -0.05) is 60.7 Å². The normalized spacial score (nSPS) is 11.3. The molecular weight excluding hydrogens is 516 g/mol. The summed E-state index contributed by atoms with van der Waals surface area (Å²) in [6, 6.07) is 32.9. The van der Waals surface area contributed by atoms with E-state index in [1.54, 1.807) is 31.4 Å². The summed E-state index contributed by atoms with van der Waals surface area (Å²) in [6.45, 7) is 0. The van der Waals surface area contributed by atoms with Gasteiger partial charge in [-0.05, 0) is 70.1 Å². The van der Waals surface area contributed by atoms with Crippen LogP contribution in [0.15, 0.2) is 128 Å². The predicted octanol–water partition coefficient (Wildman–Crippen LogP) is 7.91. The maximum Gasteiger partial charge on any atom is 0.201 e. The fourth-order valence-corrected chi connectivity index (χ4v) is 5.33. The summed E-state index contributed by atoms with van der Waals surface area (Å²) in [5.41, 5.74) is 2.08. The molecule has 6 aromatic carbocycles. The molecule has 198 valence electrons. The molecule has 0 aliphatic carbocycles. The van der Waals surface area contributed by atoms with Crippen LogP contribution < -0.4 is 15.6 Å². The van der Waals surface area contributed by atoms with Crippen molar-refractivity contribution >= 4 is 65.4 Å². The lowest BCUT2D eigenvalue weighted by atomic mass is 10.0. The minimum Gasteiger partial charge on any atom is -0.508 e. The highest BCUT2D eigenvalue weighted by molar-refractivity contribution is 6.09. The number of fused-ring (bicyclic) bond motifs is 8. The fraction of sp³-hybridized carbons (Fsp3) is 0.0286. The molecule has 0 atom stereocenters. The second kappa shape index (κ2) is 9.54.